The summed E-state index contributed by atoms with van der Waals surface area (Å²) >= 11 is 1.40. The van der Waals surface area contributed by atoms with Crippen molar-refractivity contribution >= 4 is 17.2 Å². The largest absolute Gasteiger partial charge is 0.381 e. The van der Waals surface area contributed by atoms with Crippen LogP contribution in [0.2, 0.25) is 0 Å². The maximum atomic E-state index is 12.0. The van der Waals surface area contributed by atoms with Crippen LogP contribution < -0.4 is 11.1 Å². The van der Waals surface area contributed by atoms with Gasteiger partial charge >= 0.3 is 0 Å². The molecule has 0 unspecified atom stereocenters. The van der Waals surface area contributed by atoms with Crippen LogP contribution in [0, 0.1) is 11.8 Å². The molecule has 0 spiro atoms. The molecule has 1 aromatic rings. The minimum absolute atomic E-state index is 0.0501. The number of hydrogen-bond donors (Lipinski definition) is 2. The highest BCUT2D eigenvalue weighted by molar-refractivity contribution is 7.12. The van der Waals surface area contributed by atoms with Crippen molar-refractivity contribution in [3.05, 3.63) is 21.9 Å². The van der Waals surface area contributed by atoms with Crippen molar-refractivity contribution in [1.29, 1.82) is 0 Å². The van der Waals surface area contributed by atoms with Crippen LogP contribution in [0.1, 0.15) is 28.1 Å². The molecule has 18 heavy (non-hydrogen) atoms. The van der Waals surface area contributed by atoms with Crippen LogP contribution in [-0.4, -0.2) is 31.7 Å². The highest BCUT2D eigenvalue weighted by atomic mass is 32.1. The molecule has 0 saturated heterocycles. The van der Waals surface area contributed by atoms with E-state index < -0.39 is 0 Å². The van der Waals surface area contributed by atoms with Crippen LogP contribution in [0.3, 0.4) is 0 Å². The summed E-state index contributed by atoms with van der Waals surface area (Å²) < 4.78 is 5.18. The zero-order chi connectivity index (χ0) is 13.0. The lowest BCUT2D eigenvalue weighted by molar-refractivity contribution is 0.0177. The Hall–Kier alpha value is -1.35. The standard InChI is InChI=1S/C13H16N2O2S/c1-17-11-7-10(8-11)15-13(16)12-9(3-2-5-14)4-6-18-12/h4,6,10-11H,5,7-8,14H2,1H3,(H,15,16). The van der Waals surface area contributed by atoms with Gasteiger partial charge < -0.3 is 15.8 Å². The first kappa shape index (κ1) is 13.1. The second kappa shape index (κ2) is 6.01. The number of nitrogens with two attached hydrogens (primary N) is 1. The Kier molecular flexibility index (Phi) is 4.37. The van der Waals surface area contributed by atoms with E-state index in [1.54, 1.807) is 7.11 Å². The van der Waals surface area contributed by atoms with E-state index in [0.29, 0.717) is 11.4 Å². The molecule has 3 N–H and O–H groups in total. The molecule has 0 aliphatic heterocycles. The molecule has 1 aromatic heterocycles. The van der Waals surface area contributed by atoms with Crippen LogP contribution in [0.15, 0.2) is 11.4 Å². The minimum atomic E-state index is -0.0501. The summed E-state index contributed by atoms with van der Waals surface area (Å²) in [7, 11) is 1.70. The first-order chi connectivity index (χ1) is 8.74. The zero-order valence-electron chi connectivity index (χ0n) is 10.2. The van der Waals surface area contributed by atoms with Gasteiger partial charge in [-0.2, -0.15) is 0 Å². The number of ether oxygens (including phenoxy) is 1. The number of carbonyl (C=O) groups is 1. The topological polar surface area (TPSA) is 64.3 Å². The Labute approximate surface area is 111 Å². The molecule has 1 saturated carbocycles. The van der Waals surface area contributed by atoms with Crippen LogP contribution in [-0.2, 0) is 4.74 Å². The van der Waals surface area contributed by atoms with Crippen molar-refractivity contribution in [2.75, 3.05) is 13.7 Å². The molecule has 96 valence electrons. The van der Waals surface area contributed by atoms with Gasteiger partial charge in [-0.1, -0.05) is 11.8 Å². The summed E-state index contributed by atoms with van der Waals surface area (Å²) in [4.78, 5) is 12.7. The van der Waals surface area contributed by atoms with Gasteiger partial charge in [0.15, 0.2) is 0 Å². The highest BCUT2D eigenvalue weighted by Crippen LogP contribution is 2.24. The van der Waals surface area contributed by atoms with E-state index in [0.717, 1.165) is 18.4 Å². The third kappa shape index (κ3) is 2.91. The van der Waals surface area contributed by atoms with Gasteiger partial charge in [-0.3, -0.25) is 4.79 Å². The van der Waals surface area contributed by atoms with E-state index in [-0.39, 0.29) is 18.1 Å². The Morgan fingerprint density at radius 1 is 1.67 bits per heavy atom. The molecule has 1 amide bonds. The van der Waals surface area contributed by atoms with Crippen molar-refractivity contribution in [3.8, 4) is 11.8 Å². The molecule has 0 radical (unpaired) electrons. The molecule has 4 nitrogen and oxygen atoms in total. The fourth-order valence-corrected chi connectivity index (χ4v) is 2.61. The smallest absolute Gasteiger partial charge is 0.262 e. The monoisotopic (exact) mass is 264 g/mol. The molecule has 0 atom stereocenters. The molecule has 1 fully saturated rings. The summed E-state index contributed by atoms with van der Waals surface area (Å²) in [6, 6.07) is 2.07. The van der Waals surface area contributed by atoms with E-state index >= 15 is 0 Å². The van der Waals surface area contributed by atoms with Crippen molar-refractivity contribution < 1.29 is 9.53 Å². The number of carbonyl (C=O) groups excluding carboxylic acids is 1. The Morgan fingerprint density at radius 3 is 3.11 bits per heavy atom. The SMILES string of the molecule is COC1CC(NC(=O)c2sccc2C#CCN)C1. The maximum absolute atomic E-state index is 12.0. The third-order valence-corrected chi connectivity index (χ3v) is 3.87. The normalized spacial score (nSPS) is 21.7. The summed E-state index contributed by atoms with van der Waals surface area (Å²) in [6.07, 6.45) is 2.06. The third-order valence-electron chi connectivity index (χ3n) is 2.96. The van der Waals surface area contributed by atoms with E-state index in [1.165, 1.54) is 11.3 Å². The van der Waals surface area contributed by atoms with E-state index in [1.807, 2.05) is 11.4 Å². The Morgan fingerprint density at radius 2 is 2.44 bits per heavy atom. The average molecular weight is 264 g/mol. The highest BCUT2D eigenvalue weighted by Gasteiger charge is 2.30. The van der Waals surface area contributed by atoms with Crippen molar-refractivity contribution in [2.24, 2.45) is 5.73 Å². The molecule has 0 bridgehead atoms. The van der Waals surface area contributed by atoms with Gasteiger partial charge in [0.05, 0.1) is 12.6 Å². The van der Waals surface area contributed by atoms with E-state index in [9.17, 15) is 4.79 Å². The van der Waals surface area contributed by atoms with Crippen molar-refractivity contribution in [2.45, 2.75) is 25.0 Å². The van der Waals surface area contributed by atoms with Gasteiger partial charge in [0.2, 0.25) is 0 Å². The number of amides is 1. The Bertz CT molecular complexity index is 481. The summed E-state index contributed by atoms with van der Waals surface area (Å²) in [5, 5.41) is 4.86. The predicted molar refractivity (Wildman–Crippen MR) is 71.5 cm³/mol. The Balaban J connectivity index is 1.95. The average Bonchev–Trinajstić information content (AvgIpc) is 2.78. The molecule has 1 heterocycles. The lowest BCUT2D eigenvalue weighted by atomic mass is 9.89. The van der Waals surface area contributed by atoms with E-state index in [4.69, 9.17) is 10.5 Å². The molecular weight excluding hydrogens is 248 g/mol. The lowest BCUT2D eigenvalue weighted by Crippen LogP contribution is -2.47. The van der Waals surface area contributed by atoms with E-state index in [2.05, 4.69) is 17.2 Å². The number of methoxy groups -OCH3 is 1. The van der Waals surface area contributed by atoms with Gasteiger partial charge in [0.1, 0.15) is 4.88 Å². The molecule has 1 aliphatic carbocycles. The molecule has 2 rings (SSSR count). The van der Waals surface area contributed by atoms with Gasteiger partial charge in [-0.15, -0.1) is 11.3 Å². The van der Waals surface area contributed by atoms with Crippen LogP contribution in [0.25, 0.3) is 0 Å². The molecule has 1 aliphatic rings. The number of thiophene rings is 1. The zero-order valence-corrected chi connectivity index (χ0v) is 11.0. The first-order valence-electron chi connectivity index (χ1n) is 5.84. The summed E-state index contributed by atoms with van der Waals surface area (Å²) in [5.74, 6) is 5.63. The van der Waals surface area contributed by atoms with Crippen LogP contribution >= 0.6 is 11.3 Å². The van der Waals surface area contributed by atoms with Crippen molar-refractivity contribution in [1.82, 2.24) is 5.32 Å². The summed E-state index contributed by atoms with van der Waals surface area (Å²) in [6.45, 7) is 0.301. The molecule has 0 aromatic carbocycles. The first-order valence-corrected chi connectivity index (χ1v) is 6.72. The second-order valence-corrected chi connectivity index (χ2v) is 5.08. The number of nitrogens with one attached hydrogen (secondary N) is 1. The summed E-state index contributed by atoms with van der Waals surface area (Å²) in [5.41, 5.74) is 6.08. The van der Waals surface area contributed by atoms with Crippen LogP contribution in [0.5, 0.6) is 0 Å². The fraction of sp³-hybridized carbons (Fsp3) is 0.462. The molecule has 5 heteroatoms. The predicted octanol–water partition coefficient (Wildman–Crippen LogP) is 0.966. The van der Waals surface area contributed by atoms with Crippen molar-refractivity contribution in [3.63, 3.8) is 0 Å². The van der Waals surface area contributed by atoms with Gasteiger partial charge in [0.25, 0.3) is 5.91 Å². The number of rotatable bonds is 3. The van der Waals surface area contributed by atoms with Gasteiger partial charge in [-0.25, -0.2) is 0 Å². The maximum Gasteiger partial charge on any atom is 0.262 e. The second-order valence-electron chi connectivity index (χ2n) is 4.17. The minimum Gasteiger partial charge on any atom is -0.381 e. The lowest BCUT2D eigenvalue weighted by Gasteiger charge is -2.34. The van der Waals surface area contributed by atoms with Gasteiger partial charge in [-0.05, 0) is 24.3 Å². The van der Waals surface area contributed by atoms with Crippen LogP contribution in [0.4, 0.5) is 0 Å². The van der Waals surface area contributed by atoms with Gasteiger partial charge in [0, 0.05) is 18.7 Å². The quantitative estimate of drug-likeness (QED) is 0.799. The number of hydrogen-bond acceptors (Lipinski definition) is 4. The fourth-order valence-electron chi connectivity index (χ4n) is 1.86. The molecular formula is C13H16N2O2S.